The highest BCUT2D eigenvalue weighted by Crippen LogP contribution is 1.93. The third-order valence-electron chi connectivity index (χ3n) is 1.37. The van der Waals surface area contributed by atoms with Crippen molar-refractivity contribution in [1.29, 1.82) is 0 Å². The Hall–Kier alpha value is -0.380. The van der Waals surface area contributed by atoms with Gasteiger partial charge in [-0.25, -0.2) is 0 Å². The number of allylic oxidation sites excluding steroid dienone is 1. The molecule has 3 nitrogen and oxygen atoms in total. The van der Waals surface area contributed by atoms with E-state index in [1.807, 2.05) is 6.92 Å². The van der Waals surface area contributed by atoms with E-state index in [1.165, 1.54) is 0 Å². The molecule has 0 aliphatic rings. The van der Waals surface area contributed by atoms with Crippen molar-refractivity contribution >= 4 is 0 Å². The summed E-state index contributed by atoms with van der Waals surface area (Å²) in [6, 6.07) is -0.254. The number of aliphatic hydroxyl groups is 2. The maximum Gasteiger partial charge on any atom is 0.0896 e. The summed E-state index contributed by atoms with van der Waals surface area (Å²) in [5, 5.41) is 20.7. The van der Waals surface area contributed by atoms with Gasteiger partial charge in [-0.3, -0.25) is 0 Å². The first-order chi connectivity index (χ1) is 4.76. The monoisotopic (exact) mass is 145 g/mol. The molecule has 0 saturated heterocycles. The molecule has 0 spiro atoms. The van der Waals surface area contributed by atoms with Crippen molar-refractivity contribution in [3.63, 3.8) is 0 Å². The van der Waals surface area contributed by atoms with Crippen LogP contribution in [0, 0.1) is 0 Å². The van der Waals surface area contributed by atoms with E-state index in [0.29, 0.717) is 0 Å². The fourth-order valence-electron chi connectivity index (χ4n) is 0.701. The second kappa shape index (κ2) is 5.41. The molecule has 2 unspecified atom stereocenters. The second-order valence-corrected chi connectivity index (χ2v) is 2.09. The lowest BCUT2D eigenvalue weighted by Crippen LogP contribution is -2.39. The first-order valence-electron chi connectivity index (χ1n) is 3.35. The third-order valence-corrected chi connectivity index (χ3v) is 1.37. The van der Waals surface area contributed by atoms with Gasteiger partial charge in [0.25, 0.3) is 0 Å². The third kappa shape index (κ3) is 2.96. The minimum Gasteiger partial charge on any atom is -0.395 e. The molecule has 0 amide bonds. The van der Waals surface area contributed by atoms with E-state index in [4.69, 9.17) is 5.11 Å². The van der Waals surface area contributed by atoms with Gasteiger partial charge in [-0.15, -0.1) is 0 Å². The number of hydrogen-bond donors (Lipinski definition) is 3. The summed E-state index contributed by atoms with van der Waals surface area (Å²) in [6.07, 6.45) is 2.79. The molecule has 0 fully saturated rings. The standard InChI is InChI=1S/C7H15NO2/c1-3-4-7(10)6(5-9)8-2/h3-4,6-10H,5H2,1-2H3. The predicted molar refractivity (Wildman–Crippen MR) is 40.8 cm³/mol. The Labute approximate surface area is 61.4 Å². The van der Waals surface area contributed by atoms with Crippen molar-refractivity contribution in [2.45, 2.75) is 19.1 Å². The van der Waals surface area contributed by atoms with Crippen molar-refractivity contribution in [2.24, 2.45) is 0 Å². The molecule has 0 heterocycles. The minimum atomic E-state index is -0.597. The van der Waals surface area contributed by atoms with E-state index in [2.05, 4.69) is 5.32 Å². The van der Waals surface area contributed by atoms with Gasteiger partial charge in [0.1, 0.15) is 0 Å². The topological polar surface area (TPSA) is 52.5 Å². The number of hydrogen-bond acceptors (Lipinski definition) is 3. The van der Waals surface area contributed by atoms with Crippen LogP contribution in [0.25, 0.3) is 0 Å². The zero-order valence-electron chi connectivity index (χ0n) is 6.41. The SMILES string of the molecule is CC=CC(O)C(CO)NC. The maximum atomic E-state index is 9.20. The van der Waals surface area contributed by atoms with E-state index in [-0.39, 0.29) is 12.6 Å². The molecule has 0 aliphatic carbocycles. The number of aliphatic hydroxyl groups excluding tert-OH is 2. The summed E-state index contributed by atoms with van der Waals surface area (Å²) >= 11 is 0. The Morgan fingerprint density at radius 3 is 2.50 bits per heavy atom. The Morgan fingerprint density at radius 2 is 2.20 bits per heavy atom. The van der Waals surface area contributed by atoms with Crippen LogP contribution in [-0.4, -0.2) is 36.0 Å². The van der Waals surface area contributed by atoms with E-state index in [0.717, 1.165) is 0 Å². The molecule has 0 aromatic heterocycles. The van der Waals surface area contributed by atoms with E-state index < -0.39 is 6.10 Å². The molecule has 0 aromatic rings. The molecule has 2 atom stereocenters. The zero-order chi connectivity index (χ0) is 7.98. The van der Waals surface area contributed by atoms with Gasteiger partial charge in [-0.1, -0.05) is 12.2 Å². The molecule has 0 radical (unpaired) electrons. The fraction of sp³-hybridized carbons (Fsp3) is 0.714. The molecular formula is C7H15NO2. The first-order valence-corrected chi connectivity index (χ1v) is 3.35. The van der Waals surface area contributed by atoms with Crippen molar-refractivity contribution in [1.82, 2.24) is 5.32 Å². The van der Waals surface area contributed by atoms with Crippen molar-refractivity contribution in [2.75, 3.05) is 13.7 Å². The molecule has 0 saturated carbocycles. The summed E-state index contributed by atoms with van der Waals surface area (Å²) in [6.45, 7) is 1.77. The van der Waals surface area contributed by atoms with Crippen LogP contribution in [0.15, 0.2) is 12.2 Å². The number of nitrogens with one attached hydrogen (secondary N) is 1. The van der Waals surface area contributed by atoms with E-state index in [1.54, 1.807) is 19.2 Å². The van der Waals surface area contributed by atoms with Crippen molar-refractivity contribution in [3.05, 3.63) is 12.2 Å². The lowest BCUT2D eigenvalue weighted by Gasteiger charge is -2.16. The first kappa shape index (κ1) is 9.62. The molecule has 0 bridgehead atoms. The highest BCUT2D eigenvalue weighted by Gasteiger charge is 2.11. The normalized spacial score (nSPS) is 17.6. The van der Waals surface area contributed by atoms with Crippen molar-refractivity contribution < 1.29 is 10.2 Å². The van der Waals surface area contributed by atoms with Gasteiger partial charge in [0.2, 0.25) is 0 Å². The van der Waals surface area contributed by atoms with Crippen LogP contribution in [0.2, 0.25) is 0 Å². The zero-order valence-corrected chi connectivity index (χ0v) is 6.41. The van der Waals surface area contributed by atoms with Crippen LogP contribution in [0.3, 0.4) is 0 Å². The molecule has 0 aliphatic heterocycles. The van der Waals surface area contributed by atoms with Gasteiger partial charge in [-0.2, -0.15) is 0 Å². The number of rotatable bonds is 4. The fourth-order valence-corrected chi connectivity index (χ4v) is 0.701. The second-order valence-electron chi connectivity index (χ2n) is 2.09. The summed E-state index contributed by atoms with van der Waals surface area (Å²) < 4.78 is 0. The summed E-state index contributed by atoms with van der Waals surface area (Å²) in [5.41, 5.74) is 0. The molecule has 3 N–H and O–H groups in total. The Kier molecular flexibility index (Phi) is 5.20. The quantitative estimate of drug-likeness (QED) is 0.468. The highest BCUT2D eigenvalue weighted by atomic mass is 16.3. The average Bonchev–Trinajstić information content (AvgIpc) is 1.91. The van der Waals surface area contributed by atoms with E-state index in [9.17, 15) is 5.11 Å². The molecule has 10 heavy (non-hydrogen) atoms. The Morgan fingerprint density at radius 1 is 1.60 bits per heavy atom. The van der Waals surface area contributed by atoms with E-state index >= 15 is 0 Å². The van der Waals surface area contributed by atoms with Crippen LogP contribution in [-0.2, 0) is 0 Å². The largest absolute Gasteiger partial charge is 0.395 e. The predicted octanol–water partition coefficient (Wildman–Crippen LogP) is -0.496. The highest BCUT2D eigenvalue weighted by molar-refractivity contribution is 4.92. The van der Waals surface area contributed by atoms with Gasteiger partial charge < -0.3 is 15.5 Å². The summed E-state index contributed by atoms with van der Waals surface area (Å²) in [4.78, 5) is 0. The van der Waals surface area contributed by atoms with Crippen LogP contribution in [0.4, 0.5) is 0 Å². The van der Waals surface area contributed by atoms with Crippen LogP contribution >= 0.6 is 0 Å². The lowest BCUT2D eigenvalue weighted by molar-refractivity contribution is 0.128. The van der Waals surface area contributed by atoms with Crippen LogP contribution < -0.4 is 5.32 Å². The van der Waals surface area contributed by atoms with Crippen LogP contribution in [0.1, 0.15) is 6.92 Å². The van der Waals surface area contributed by atoms with Gasteiger partial charge in [0.15, 0.2) is 0 Å². The van der Waals surface area contributed by atoms with Gasteiger partial charge in [0, 0.05) is 0 Å². The summed E-state index contributed by atoms with van der Waals surface area (Å²) in [7, 11) is 1.70. The Bertz CT molecular complexity index is 99.8. The van der Waals surface area contributed by atoms with Gasteiger partial charge >= 0.3 is 0 Å². The van der Waals surface area contributed by atoms with Crippen molar-refractivity contribution in [3.8, 4) is 0 Å². The average molecular weight is 145 g/mol. The number of likely N-dealkylation sites (N-methyl/N-ethyl adjacent to an activating group) is 1. The summed E-state index contributed by atoms with van der Waals surface area (Å²) in [5.74, 6) is 0. The molecule has 3 heteroatoms. The van der Waals surface area contributed by atoms with Gasteiger partial charge in [0.05, 0.1) is 18.8 Å². The van der Waals surface area contributed by atoms with Crippen LogP contribution in [0.5, 0.6) is 0 Å². The van der Waals surface area contributed by atoms with Gasteiger partial charge in [-0.05, 0) is 14.0 Å². The molecule has 60 valence electrons. The maximum absolute atomic E-state index is 9.20. The molecule has 0 aromatic carbocycles. The molecule has 0 rings (SSSR count). The Balaban J connectivity index is 3.75. The molecular weight excluding hydrogens is 130 g/mol. The lowest BCUT2D eigenvalue weighted by atomic mass is 10.1. The minimum absolute atomic E-state index is 0.0536. The smallest absolute Gasteiger partial charge is 0.0896 e.